The smallest absolute Gasteiger partial charge is 0.283 e. The first-order chi connectivity index (χ1) is 13.1. The van der Waals surface area contributed by atoms with Crippen LogP contribution in [0.15, 0.2) is 29.2 Å². The third kappa shape index (κ3) is 3.64. The van der Waals surface area contributed by atoms with Crippen LogP contribution in [0.2, 0.25) is 0 Å². The molecule has 0 N–H and O–H groups in total. The second-order valence-electron chi connectivity index (χ2n) is 6.90. The van der Waals surface area contributed by atoms with Crippen LogP contribution < -0.4 is 0 Å². The van der Waals surface area contributed by atoms with Gasteiger partial charge in [-0.1, -0.05) is 0 Å². The minimum atomic E-state index is -3.75. The average molecular weight is 412 g/mol. The molecule has 2 aliphatic heterocycles. The highest BCUT2D eigenvalue weighted by Gasteiger charge is 2.46. The summed E-state index contributed by atoms with van der Waals surface area (Å²) in [7, 11) is -3.75. The fraction of sp³-hybridized carbons (Fsp3) is 0.471. The Morgan fingerprint density at radius 1 is 0.964 bits per heavy atom. The SMILES string of the molecule is CC(C)N1C(=O)C(=O)N(CN2CCN(S(=O)(=O)c3ccc(F)cc3)CC2)C1=O. The Kier molecular flexibility index (Phi) is 5.50. The van der Waals surface area contributed by atoms with Crippen LogP contribution >= 0.6 is 0 Å². The van der Waals surface area contributed by atoms with Crippen molar-refractivity contribution in [2.75, 3.05) is 32.8 Å². The normalized spacial score (nSPS) is 19.9. The summed E-state index contributed by atoms with van der Waals surface area (Å²) in [6, 6.07) is 3.52. The molecule has 1 aromatic rings. The lowest BCUT2D eigenvalue weighted by molar-refractivity contribution is -0.144. The van der Waals surface area contributed by atoms with E-state index in [1.807, 2.05) is 0 Å². The molecule has 2 saturated heterocycles. The van der Waals surface area contributed by atoms with Crippen LogP contribution in [0, 0.1) is 5.82 Å². The van der Waals surface area contributed by atoms with Crippen molar-refractivity contribution < 1.29 is 27.2 Å². The number of nitrogens with zero attached hydrogens (tertiary/aromatic N) is 4. The molecule has 152 valence electrons. The molecule has 2 heterocycles. The third-order valence-electron chi connectivity index (χ3n) is 4.72. The standard InChI is InChI=1S/C17H21FN4O5S/c1-12(2)22-16(24)15(23)21(17(22)25)11-19-7-9-20(10-8-19)28(26,27)14-5-3-13(18)4-6-14/h3-6,12H,7-11H2,1-2H3. The van der Waals surface area contributed by atoms with Gasteiger partial charge in [0.2, 0.25) is 10.0 Å². The van der Waals surface area contributed by atoms with Crippen LogP contribution in [0.25, 0.3) is 0 Å². The van der Waals surface area contributed by atoms with Crippen molar-refractivity contribution in [3.8, 4) is 0 Å². The van der Waals surface area contributed by atoms with Gasteiger partial charge in [-0.2, -0.15) is 4.31 Å². The number of hydrogen-bond donors (Lipinski definition) is 0. The highest BCUT2D eigenvalue weighted by atomic mass is 32.2. The number of carbonyl (C=O) groups is 3. The highest BCUT2D eigenvalue weighted by molar-refractivity contribution is 7.89. The molecule has 3 rings (SSSR count). The van der Waals surface area contributed by atoms with Crippen molar-refractivity contribution in [2.24, 2.45) is 0 Å². The molecule has 11 heteroatoms. The first kappa shape index (κ1) is 20.4. The number of benzene rings is 1. The molecule has 4 amide bonds. The maximum absolute atomic E-state index is 13.0. The van der Waals surface area contributed by atoms with E-state index in [0.29, 0.717) is 0 Å². The quantitative estimate of drug-likeness (QED) is 0.509. The van der Waals surface area contributed by atoms with E-state index in [-0.39, 0.29) is 37.7 Å². The zero-order valence-corrected chi connectivity index (χ0v) is 16.4. The summed E-state index contributed by atoms with van der Waals surface area (Å²) >= 11 is 0. The molecule has 0 atom stereocenters. The largest absolute Gasteiger partial charge is 0.335 e. The van der Waals surface area contributed by atoms with Crippen LogP contribution in [-0.2, 0) is 19.6 Å². The number of halogens is 1. The predicted octanol–water partition coefficient (Wildman–Crippen LogP) is 0.289. The maximum Gasteiger partial charge on any atom is 0.335 e. The summed E-state index contributed by atoms with van der Waals surface area (Å²) in [4.78, 5) is 39.9. The molecule has 0 unspecified atom stereocenters. The van der Waals surface area contributed by atoms with E-state index in [1.165, 1.54) is 16.4 Å². The Bertz CT molecular complexity index is 895. The van der Waals surface area contributed by atoms with Crippen LogP contribution in [0.3, 0.4) is 0 Å². The topological polar surface area (TPSA) is 98.3 Å². The number of urea groups is 1. The molecule has 0 aliphatic carbocycles. The summed E-state index contributed by atoms with van der Waals surface area (Å²) in [6.45, 7) is 4.09. The van der Waals surface area contributed by atoms with E-state index in [1.54, 1.807) is 18.7 Å². The second-order valence-corrected chi connectivity index (χ2v) is 8.84. The van der Waals surface area contributed by atoms with Gasteiger partial charge in [0.25, 0.3) is 0 Å². The number of rotatable bonds is 5. The molecule has 1 aromatic carbocycles. The van der Waals surface area contributed by atoms with Gasteiger partial charge in [-0.15, -0.1) is 0 Å². The van der Waals surface area contributed by atoms with E-state index in [4.69, 9.17) is 0 Å². The van der Waals surface area contributed by atoms with Crippen molar-refractivity contribution in [3.05, 3.63) is 30.1 Å². The van der Waals surface area contributed by atoms with Gasteiger partial charge in [0.05, 0.1) is 11.6 Å². The highest BCUT2D eigenvalue weighted by Crippen LogP contribution is 2.20. The van der Waals surface area contributed by atoms with Crippen molar-refractivity contribution in [1.29, 1.82) is 0 Å². The lowest BCUT2D eigenvalue weighted by Gasteiger charge is -2.35. The molecule has 9 nitrogen and oxygen atoms in total. The van der Waals surface area contributed by atoms with Gasteiger partial charge < -0.3 is 0 Å². The maximum atomic E-state index is 13.0. The minimum absolute atomic E-state index is 0.00502. The van der Waals surface area contributed by atoms with Crippen molar-refractivity contribution in [2.45, 2.75) is 24.8 Å². The van der Waals surface area contributed by atoms with Crippen molar-refractivity contribution in [1.82, 2.24) is 19.0 Å². The van der Waals surface area contributed by atoms with Crippen molar-refractivity contribution in [3.63, 3.8) is 0 Å². The molecule has 2 aliphatic rings. The second kappa shape index (κ2) is 7.57. The molecule has 0 spiro atoms. The Morgan fingerprint density at radius 2 is 1.54 bits per heavy atom. The zero-order valence-electron chi connectivity index (χ0n) is 15.5. The lowest BCUT2D eigenvalue weighted by Crippen LogP contribution is -2.52. The van der Waals surface area contributed by atoms with Crippen LogP contribution in [-0.4, -0.2) is 84.2 Å². The van der Waals surface area contributed by atoms with Crippen LogP contribution in [0.4, 0.5) is 9.18 Å². The Morgan fingerprint density at radius 3 is 2.04 bits per heavy atom. The van der Waals surface area contributed by atoms with Gasteiger partial charge in [-0.3, -0.25) is 19.4 Å². The number of sulfonamides is 1. The van der Waals surface area contributed by atoms with Gasteiger partial charge in [-0.25, -0.2) is 22.5 Å². The van der Waals surface area contributed by atoms with Crippen molar-refractivity contribution >= 4 is 27.9 Å². The molecular weight excluding hydrogens is 391 g/mol. The monoisotopic (exact) mass is 412 g/mol. The lowest BCUT2D eigenvalue weighted by atomic mass is 10.3. The first-order valence-electron chi connectivity index (χ1n) is 8.80. The van der Waals surface area contributed by atoms with Gasteiger partial charge in [0.1, 0.15) is 5.82 Å². The molecule has 0 saturated carbocycles. The van der Waals surface area contributed by atoms with Gasteiger partial charge >= 0.3 is 17.8 Å². The van der Waals surface area contributed by atoms with E-state index >= 15 is 0 Å². The minimum Gasteiger partial charge on any atom is -0.283 e. The predicted molar refractivity (Wildman–Crippen MR) is 95.8 cm³/mol. The number of piperazine rings is 1. The fourth-order valence-corrected chi connectivity index (χ4v) is 4.59. The zero-order chi connectivity index (χ0) is 20.6. The molecule has 0 bridgehead atoms. The summed E-state index contributed by atoms with van der Waals surface area (Å²) in [5.41, 5.74) is 0. The first-order valence-corrected chi connectivity index (χ1v) is 10.2. The molecule has 2 fully saturated rings. The molecular formula is C17H21FN4O5S. The van der Waals surface area contributed by atoms with Gasteiger partial charge in [-0.05, 0) is 38.1 Å². The third-order valence-corrected chi connectivity index (χ3v) is 6.64. The number of carbonyl (C=O) groups excluding carboxylic acids is 3. The summed E-state index contributed by atoms with van der Waals surface area (Å²) < 4.78 is 39.6. The van der Waals surface area contributed by atoms with E-state index in [9.17, 15) is 27.2 Å². The van der Waals surface area contributed by atoms with E-state index in [0.717, 1.165) is 21.9 Å². The summed E-state index contributed by atoms with van der Waals surface area (Å²) in [5.74, 6) is -2.24. The Balaban J connectivity index is 1.63. The number of amides is 4. The number of hydrogen-bond acceptors (Lipinski definition) is 6. The van der Waals surface area contributed by atoms with Crippen LogP contribution in [0.5, 0.6) is 0 Å². The van der Waals surface area contributed by atoms with Crippen LogP contribution in [0.1, 0.15) is 13.8 Å². The Labute approximate surface area is 162 Å². The van der Waals surface area contributed by atoms with E-state index < -0.39 is 39.7 Å². The average Bonchev–Trinajstić information content (AvgIpc) is 2.86. The Hall–Kier alpha value is -2.37. The summed E-state index contributed by atoms with van der Waals surface area (Å²) in [5, 5.41) is 0. The van der Waals surface area contributed by atoms with Gasteiger partial charge in [0.15, 0.2) is 0 Å². The van der Waals surface area contributed by atoms with Gasteiger partial charge in [0, 0.05) is 32.2 Å². The summed E-state index contributed by atoms with van der Waals surface area (Å²) in [6.07, 6.45) is 0. The fourth-order valence-electron chi connectivity index (χ4n) is 3.17. The van der Waals surface area contributed by atoms with E-state index in [2.05, 4.69) is 0 Å². The molecule has 0 radical (unpaired) electrons. The number of imide groups is 2. The molecule has 28 heavy (non-hydrogen) atoms. The molecule has 0 aromatic heterocycles.